The summed E-state index contributed by atoms with van der Waals surface area (Å²) in [6.07, 6.45) is 5.85. The van der Waals surface area contributed by atoms with Crippen LogP contribution in [0.2, 0.25) is 0 Å². The van der Waals surface area contributed by atoms with Crippen LogP contribution in [0.3, 0.4) is 0 Å². The van der Waals surface area contributed by atoms with Crippen LogP contribution < -0.4 is 5.73 Å². The summed E-state index contributed by atoms with van der Waals surface area (Å²) >= 11 is 5.22. The summed E-state index contributed by atoms with van der Waals surface area (Å²) in [4.78, 5) is 4.36. The maximum Gasteiger partial charge on any atom is 0.201 e. The monoisotopic (exact) mass is 243 g/mol. The first-order chi connectivity index (χ1) is 8.13. The third-order valence-electron chi connectivity index (χ3n) is 2.65. The fourth-order valence-electron chi connectivity index (χ4n) is 1.76. The van der Waals surface area contributed by atoms with E-state index in [0.717, 1.165) is 16.5 Å². The van der Waals surface area contributed by atoms with E-state index in [0.29, 0.717) is 23.6 Å². The Kier molecular flexibility index (Phi) is 3.12. The highest BCUT2D eigenvalue weighted by Crippen LogP contribution is 2.21. The van der Waals surface area contributed by atoms with Gasteiger partial charge in [-0.1, -0.05) is 11.6 Å². The fraction of sp³-hybridized carbons (Fsp3) is 0.231. The van der Waals surface area contributed by atoms with Crippen molar-refractivity contribution in [1.29, 1.82) is 0 Å². The zero-order chi connectivity index (χ0) is 12.4. The quantitative estimate of drug-likeness (QED) is 0.651. The van der Waals surface area contributed by atoms with E-state index in [1.807, 2.05) is 25.1 Å². The van der Waals surface area contributed by atoms with E-state index in [1.165, 1.54) is 0 Å². The van der Waals surface area contributed by atoms with Crippen molar-refractivity contribution >= 4 is 28.9 Å². The predicted molar refractivity (Wildman–Crippen MR) is 73.2 cm³/mol. The van der Waals surface area contributed by atoms with E-state index in [2.05, 4.69) is 10.9 Å². The average Bonchev–Trinajstić information content (AvgIpc) is 2.30. The molecule has 0 bridgehead atoms. The number of aryl methyl sites for hydroxylation is 1. The van der Waals surface area contributed by atoms with Crippen LogP contribution in [0.5, 0.6) is 0 Å². The van der Waals surface area contributed by atoms with Crippen LogP contribution in [0.1, 0.15) is 12.0 Å². The average molecular weight is 243 g/mol. The van der Waals surface area contributed by atoms with E-state index in [4.69, 9.17) is 24.4 Å². The summed E-state index contributed by atoms with van der Waals surface area (Å²) in [6.45, 7) is 2.63. The first-order valence-corrected chi connectivity index (χ1v) is 5.74. The molecule has 4 heteroatoms. The highest BCUT2D eigenvalue weighted by atomic mass is 32.1. The smallest absolute Gasteiger partial charge is 0.201 e. The van der Waals surface area contributed by atoms with Gasteiger partial charge in [0.1, 0.15) is 5.82 Å². The third kappa shape index (κ3) is 2.15. The van der Waals surface area contributed by atoms with Gasteiger partial charge < -0.3 is 10.3 Å². The van der Waals surface area contributed by atoms with Gasteiger partial charge in [-0.2, -0.15) is 0 Å². The minimum absolute atomic E-state index is 0.481. The maximum atomic E-state index is 6.12. The van der Waals surface area contributed by atoms with Gasteiger partial charge >= 0.3 is 0 Å². The lowest BCUT2D eigenvalue weighted by molar-refractivity contribution is 0.703. The Morgan fingerprint density at radius 3 is 3.00 bits per heavy atom. The minimum atomic E-state index is 0.481. The van der Waals surface area contributed by atoms with Crippen molar-refractivity contribution in [2.75, 3.05) is 5.73 Å². The van der Waals surface area contributed by atoms with E-state index in [1.54, 1.807) is 4.57 Å². The Balaban J connectivity index is 2.70. The van der Waals surface area contributed by atoms with Gasteiger partial charge in [0.05, 0.1) is 5.52 Å². The third-order valence-corrected chi connectivity index (χ3v) is 2.96. The zero-order valence-electron chi connectivity index (χ0n) is 9.60. The van der Waals surface area contributed by atoms with Crippen LogP contribution in [0.15, 0.2) is 18.2 Å². The number of benzene rings is 1. The Labute approximate surface area is 105 Å². The summed E-state index contributed by atoms with van der Waals surface area (Å²) in [6, 6.07) is 5.94. The van der Waals surface area contributed by atoms with Gasteiger partial charge in [0.2, 0.25) is 4.77 Å². The molecule has 0 aliphatic rings. The van der Waals surface area contributed by atoms with Gasteiger partial charge in [0.25, 0.3) is 0 Å². The van der Waals surface area contributed by atoms with Gasteiger partial charge in [0, 0.05) is 18.4 Å². The Bertz CT molecular complexity index is 665. The summed E-state index contributed by atoms with van der Waals surface area (Å²) in [7, 11) is 0. The maximum absolute atomic E-state index is 6.12. The Morgan fingerprint density at radius 2 is 2.29 bits per heavy atom. The van der Waals surface area contributed by atoms with Crippen LogP contribution in [-0.4, -0.2) is 9.55 Å². The van der Waals surface area contributed by atoms with E-state index < -0.39 is 0 Å². The van der Waals surface area contributed by atoms with Crippen molar-refractivity contribution in [3.05, 3.63) is 28.5 Å². The summed E-state index contributed by atoms with van der Waals surface area (Å²) in [5.74, 6) is 3.22. The molecule has 0 aliphatic heterocycles. The van der Waals surface area contributed by atoms with Gasteiger partial charge in [-0.15, -0.1) is 12.3 Å². The number of fused-ring (bicyclic) bond motifs is 1. The molecule has 0 spiro atoms. The molecule has 2 N–H and O–H groups in total. The Hall–Kier alpha value is -1.86. The molecule has 0 fully saturated rings. The van der Waals surface area contributed by atoms with Gasteiger partial charge in [-0.25, -0.2) is 4.98 Å². The number of terminal acetylenes is 1. The summed E-state index contributed by atoms with van der Waals surface area (Å²) < 4.78 is 2.27. The number of nitrogen functional groups attached to an aromatic ring is 1. The van der Waals surface area contributed by atoms with Crippen LogP contribution >= 0.6 is 12.2 Å². The van der Waals surface area contributed by atoms with Crippen molar-refractivity contribution in [2.24, 2.45) is 0 Å². The second-order valence-corrected chi connectivity index (χ2v) is 4.27. The molecule has 86 valence electrons. The lowest BCUT2D eigenvalue weighted by atomic mass is 10.1. The SMILES string of the molecule is C#CCCn1c(N)c2cc(C)ccc2nc1=S. The molecule has 0 radical (unpaired) electrons. The summed E-state index contributed by atoms with van der Waals surface area (Å²) in [5, 5.41) is 0.927. The first-order valence-electron chi connectivity index (χ1n) is 5.33. The van der Waals surface area contributed by atoms with Crippen molar-refractivity contribution in [2.45, 2.75) is 19.9 Å². The molecular formula is C13H13N3S. The molecule has 0 aliphatic carbocycles. The lowest BCUT2D eigenvalue weighted by Gasteiger charge is -2.11. The predicted octanol–water partition coefficient (Wildman–Crippen LogP) is 2.68. The number of hydrogen-bond donors (Lipinski definition) is 1. The minimum Gasteiger partial charge on any atom is -0.384 e. The lowest BCUT2D eigenvalue weighted by Crippen LogP contribution is -2.09. The molecule has 0 amide bonds. The molecular weight excluding hydrogens is 230 g/mol. The molecule has 17 heavy (non-hydrogen) atoms. The number of anilines is 1. The number of hydrogen-bond acceptors (Lipinski definition) is 3. The highest BCUT2D eigenvalue weighted by molar-refractivity contribution is 7.71. The van der Waals surface area contributed by atoms with Crippen molar-refractivity contribution < 1.29 is 0 Å². The van der Waals surface area contributed by atoms with Crippen molar-refractivity contribution in [3.8, 4) is 12.3 Å². The molecule has 1 heterocycles. The van der Waals surface area contributed by atoms with Crippen LogP contribution in [0.25, 0.3) is 10.9 Å². The molecule has 0 atom stereocenters. The van der Waals surface area contributed by atoms with Gasteiger partial charge in [-0.3, -0.25) is 0 Å². The van der Waals surface area contributed by atoms with Crippen LogP contribution in [0, 0.1) is 24.0 Å². The second-order valence-electron chi connectivity index (χ2n) is 3.91. The van der Waals surface area contributed by atoms with E-state index in [9.17, 15) is 0 Å². The topological polar surface area (TPSA) is 43.8 Å². The molecule has 3 nitrogen and oxygen atoms in total. The van der Waals surface area contributed by atoms with Crippen molar-refractivity contribution in [3.63, 3.8) is 0 Å². The number of rotatable bonds is 2. The first kappa shape index (κ1) is 11.6. The van der Waals surface area contributed by atoms with Crippen molar-refractivity contribution in [1.82, 2.24) is 9.55 Å². The van der Waals surface area contributed by atoms with Gasteiger partial charge in [0.15, 0.2) is 0 Å². The molecule has 0 saturated heterocycles. The van der Waals surface area contributed by atoms with Crippen LogP contribution in [-0.2, 0) is 6.54 Å². The standard InChI is InChI=1S/C13H13N3S/c1-3-4-7-16-12(14)10-8-9(2)5-6-11(10)15-13(16)17/h1,5-6,8H,4,7,14H2,2H3. The number of aromatic nitrogens is 2. The molecule has 2 rings (SSSR count). The van der Waals surface area contributed by atoms with Gasteiger partial charge in [-0.05, 0) is 31.3 Å². The molecule has 1 aromatic heterocycles. The zero-order valence-corrected chi connectivity index (χ0v) is 10.4. The summed E-state index contributed by atoms with van der Waals surface area (Å²) in [5.41, 5.74) is 8.09. The normalized spacial score (nSPS) is 10.4. The second kappa shape index (κ2) is 4.56. The molecule has 0 unspecified atom stereocenters. The molecule has 1 aromatic carbocycles. The highest BCUT2D eigenvalue weighted by Gasteiger charge is 2.06. The largest absolute Gasteiger partial charge is 0.384 e. The number of nitrogens with two attached hydrogens (primary N) is 1. The fourth-order valence-corrected chi connectivity index (χ4v) is 2.04. The molecule has 2 aromatic rings. The Morgan fingerprint density at radius 1 is 1.53 bits per heavy atom. The number of nitrogens with zero attached hydrogens (tertiary/aromatic N) is 2. The van der Waals surface area contributed by atoms with Crippen LogP contribution in [0.4, 0.5) is 5.82 Å². The molecule has 0 saturated carbocycles. The van der Waals surface area contributed by atoms with E-state index in [-0.39, 0.29) is 0 Å². The van der Waals surface area contributed by atoms with E-state index >= 15 is 0 Å².